The van der Waals surface area contributed by atoms with Crippen molar-refractivity contribution in [3.63, 3.8) is 0 Å². The number of carbonyl (C=O) groups is 2. The van der Waals surface area contributed by atoms with E-state index >= 15 is 0 Å². The van der Waals surface area contributed by atoms with Crippen molar-refractivity contribution in [1.29, 1.82) is 0 Å². The maximum atomic E-state index is 11.7. The van der Waals surface area contributed by atoms with Crippen LogP contribution in [0, 0.1) is 0 Å². The van der Waals surface area contributed by atoms with E-state index in [2.05, 4.69) is 16.6 Å². The number of rotatable bonds is 7. The van der Waals surface area contributed by atoms with E-state index in [-0.39, 0.29) is 11.6 Å². The number of carbonyl (C=O) groups excluding carboxylic acids is 1. The van der Waals surface area contributed by atoms with Crippen LogP contribution in [0.4, 0.5) is 5.69 Å². The van der Waals surface area contributed by atoms with Crippen LogP contribution in [0.2, 0.25) is 0 Å². The molecule has 7 nitrogen and oxygen atoms in total. The lowest BCUT2D eigenvalue weighted by molar-refractivity contribution is -0.136. The first-order valence-electron chi connectivity index (χ1n) is 6.01. The summed E-state index contributed by atoms with van der Waals surface area (Å²) in [5.41, 5.74) is 0.537. The molecule has 1 aromatic carbocycles. The third kappa shape index (κ3) is 4.60. The monoisotopic (exact) mass is 312 g/mol. The molecule has 0 aliphatic rings. The number of carboxylic acids is 1. The van der Waals surface area contributed by atoms with E-state index in [0.717, 1.165) is 6.92 Å². The Hall–Kier alpha value is -2.35. The molecule has 0 saturated heterocycles. The summed E-state index contributed by atoms with van der Waals surface area (Å²) in [5, 5.41) is 9.72. The van der Waals surface area contributed by atoms with Crippen LogP contribution >= 0.6 is 0 Å². The molecule has 0 fully saturated rings. The number of amides is 1. The van der Waals surface area contributed by atoms with Gasteiger partial charge in [-0.15, -0.1) is 6.58 Å². The van der Waals surface area contributed by atoms with Gasteiger partial charge in [-0.1, -0.05) is 6.08 Å². The minimum absolute atomic E-state index is 0.184. The molecule has 0 aliphatic heterocycles. The Balaban J connectivity index is 2.82. The van der Waals surface area contributed by atoms with Gasteiger partial charge in [0.1, 0.15) is 0 Å². The summed E-state index contributed by atoms with van der Waals surface area (Å²) in [7, 11) is -4.02. The van der Waals surface area contributed by atoms with Crippen molar-refractivity contribution in [2.24, 2.45) is 0 Å². The molecule has 0 radical (unpaired) electrons. The molecular weight excluding hydrogens is 296 g/mol. The topological polar surface area (TPSA) is 113 Å². The zero-order valence-corrected chi connectivity index (χ0v) is 12.2. The van der Waals surface area contributed by atoms with E-state index in [9.17, 15) is 18.0 Å². The van der Waals surface area contributed by atoms with Crippen molar-refractivity contribution in [3.05, 3.63) is 42.5 Å². The Morgan fingerprint density at radius 2 is 1.90 bits per heavy atom. The molecule has 1 atom stereocenters. The lowest BCUT2D eigenvalue weighted by Crippen LogP contribution is -2.32. The normalized spacial score (nSPS) is 12.2. The van der Waals surface area contributed by atoms with Crippen molar-refractivity contribution in [2.75, 3.05) is 11.3 Å². The fraction of sp³-hybridized carbons (Fsp3) is 0.231. The van der Waals surface area contributed by atoms with Crippen LogP contribution in [0.5, 0.6) is 0 Å². The molecule has 3 N–H and O–H groups in total. The molecule has 1 amide bonds. The second-order valence-corrected chi connectivity index (χ2v) is 6.20. The van der Waals surface area contributed by atoms with Crippen LogP contribution in [0.25, 0.3) is 0 Å². The SMILES string of the molecule is C=CCNC(=O)c1ccc(NS(=O)(=O)C(C)C(=O)O)cc1. The average molecular weight is 312 g/mol. The summed E-state index contributed by atoms with van der Waals surface area (Å²) in [5.74, 6) is -1.76. The first-order valence-corrected chi connectivity index (χ1v) is 7.56. The smallest absolute Gasteiger partial charge is 0.323 e. The van der Waals surface area contributed by atoms with Crippen molar-refractivity contribution >= 4 is 27.6 Å². The van der Waals surface area contributed by atoms with Gasteiger partial charge in [0.15, 0.2) is 5.25 Å². The number of nitrogens with one attached hydrogen (secondary N) is 2. The summed E-state index contributed by atoms with van der Waals surface area (Å²) in [6, 6.07) is 5.63. The Bertz CT molecular complexity index is 637. The Labute approximate surface area is 122 Å². The summed E-state index contributed by atoms with van der Waals surface area (Å²) in [6.07, 6.45) is 1.54. The molecule has 0 spiro atoms. The van der Waals surface area contributed by atoms with Crippen molar-refractivity contribution < 1.29 is 23.1 Å². The van der Waals surface area contributed by atoms with E-state index in [1.54, 1.807) is 0 Å². The largest absolute Gasteiger partial charge is 0.480 e. The fourth-order valence-electron chi connectivity index (χ4n) is 1.34. The van der Waals surface area contributed by atoms with Gasteiger partial charge in [-0.2, -0.15) is 0 Å². The van der Waals surface area contributed by atoms with E-state index < -0.39 is 21.2 Å². The maximum Gasteiger partial charge on any atom is 0.323 e. The fourth-order valence-corrected chi connectivity index (χ4v) is 2.25. The number of hydrogen-bond donors (Lipinski definition) is 3. The minimum Gasteiger partial charge on any atom is -0.480 e. The number of aliphatic carboxylic acids is 1. The van der Waals surface area contributed by atoms with Crippen LogP contribution in [0.3, 0.4) is 0 Å². The van der Waals surface area contributed by atoms with Gasteiger partial charge in [0.05, 0.1) is 0 Å². The summed E-state index contributed by atoms with van der Waals surface area (Å²) < 4.78 is 25.6. The third-order valence-electron chi connectivity index (χ3n) is 2.63. The summed E-state index contributed by atoms with van der Waals surface area (Å²) in [6.45, 7) is 4.87. The van der Waals surface area contributed by atoms with Crippen LogP contribution in [-0.4, -0.2) is 37.2 Å². The highest BCUT2D eigenvalue weighted by molar-refractivity contribution is 7.94. The van der Waals surface area contributed by atoms with Gasteiger partial charge in [-0.05, 0) is 31.2 Å². The Morgan fingerprint density at radius 3 is 2.38 bits per heavy atom. The molecule has 0 bridgehead atoms. The second kappa shape index (κ2) is 6.89. The number of anilines is 1. The highest BCUT2D eigenvalue weighted by Gasteiger charge is 2.27. The first-order chi connectivity index (χ1) is 9.77. The van der Waals surface area contributed by atoms with E-state index in [1.165, 1.54) is 30.3 Å². The minimum atomic E-state index is -4.02. The van der Waals surface area contributed by atoms with Gasteiger partial charge < -0.3 is 10.4 Å². The number of hydrogen-bond acceptors (Lipinski definition) is 4. The summed E-state index contributed by atoms with van der Waals surface area (Å²) in [4.78, 5) is 22.3. The van der Waals surface area contributed by atoms with Crippen molar-refractivity contribution in [2.45, 2.75) is 12.2 Å². The van der Waals surface area contributed by atoms with E-state index in [1.807, 2.05) is 0 Å². The standard InChI is InChI=1S/C13H16N2O5S/c1-3-8-14-12(16)10-4-6-11(7-5-10)15-21(19,20)9(2)13(17)18/h3-7,9,15H,1,8H2,2H3,(H,14,16)(H,17,18). The predicted molar refractivity (Wildman–Crippen MR) is 78.6 cm³/mol. The molecule has 0 saturated carbocycles. The molecule has 1 aromatic rings. The van der Waals surface area contributed by atoms with Gasteiger partial charge in [0, 0.05) is 17.8 Å². The molecule has 0 aliphatic carbocycles. The highest BCUT2D eigenvalue weighted by atomic mass is 32.2. The van der Waals surface area contributed by atoms with Gasteiger partial charge in [0.2, 0.25) is 10.0 Å². The molecule has 1 unspecified atom stereocenters. The molecular formula is C13H16N2O5S. The highest BCUT2D eigenvalue weighted by Crippen LogP contribution is 2.13. The van der Waals surface area contributed by atoms with Gasteiger partial charge >= 0.3 is 5.97 Å². The van der Waals surface area contributed by atoms with Gasteiger partial charge in [-0.25, -0.2) is 8.42 Å². The maximum absolute atomic E-state index is 11.7. The Morgan fingerprint density at radius 1 is 1.33 bits per heavy atom. The predicted octanol–water partition coefficient (Wildman–Crippen LogP) is 0.817. The quantitative estimate of drug-likeness (QED) is 0.645. The molecule has 0 heterocycles. The molecule has 114 valence electrons. The molecule has 21 heavy (non-hydrogen) atoms. The van der Waals surface area contributed by atoms with E-state index in [4.69, 9.17) is 5.11 Å². The van der Waals surface area contributed by atoms with Crippen LogP contribution in [0.15, 0.2) is 36.9 Å². The number of carboxylic acid groups (broad SMARTS) is 1. The van der Waals surface area contributed by atoms with Crippen LogP contribution in [-0.2, 0) is 14.8 Å². The number of sulfonamides is 1. The zero-order chi connectivity index (χ0) is 16.0. The van der Waals surface area contributed by atoms with Gasteiger partial charge in [-0.3, -0.25) is 14.3 Å². The molecule has 8 heteroatoms. The van der Waals surface area contributed by atoms with Crippen LogP contribution in [0.1, 0.15) is 17.3 Å². The Kier molecular flexibility index (Phi) is 5.48. The van der Waals surface area contributed by atoms with Gasteiger partial charge in [0.25, 0.3) is 5.91 Å². The first kappa shape index (κ1) is 16.7. The molecule has 0 aromatic heterocycles. The second-order valence-electron chi connectivity index (χ2n) is 4.20. The molecule has 1 rings (SSSR count). The van der Waals surface area contributed by atoms with Crippen molar-refractivity contribution in [3.8, 4) is 0 Å². The van der Waals surface area contributed by atoms with Crippen LogP contribution < -0.4 is 10.0 Å². The zero-order valence-electron chi connectivity index (χ0n) is 11.4. The average Bonchev–Trinajstić information content (AvgIpc) is 2.44. The number of benzene rings is 1. The van der Waals surface area contributed by atoms with Crippen molar-refractivity contribution in [1.82, 2.24) is 5.32 Å². The third-order valence-corrected chi connectivity index (χ3v) is 4.28. The lowest BCUT2D eigenvalue weighted by atomic mass is 10.2. The summed E-state index contributed by atoms with van der Waals surface area (Å²) >= 11 is 0. The lowest BCUT2D eigenvalue weighted by Gasteiger charge is -2.11. The van der Waals surface area contributed by atoms with E-state index in [0.29, 0.717) is 12.1 Å².